The van der Waals surface area contributed by atoms with Crippen LogP contribution in [-0.4, -0.2) is 56.5 Å². The van der Waals surface area contributed by atoms with Crippen molar-refractivity contribution in [2.75, 3.05) is 39.5 Å². The van der Waals surface area contributed by atoms with Crippen molar-refractivity contribution in [2.45, 2.75) is 25.0 Å². The van der Waals surface area contributed by atoms with E-state index in [1.165, 1.54) is 0 Å². The first kappa shape index (κ1) is 10.4. The summed E-state index contributed by atoms with van der Waals surface area (Å²) in [5, 5.41) is 0. The molecule has 2 aliphatic rings. The molecule has 0 aromatic rings. The Kier molecular flexibility index (Phi) is 3.75. The second-order valence-electron chi connectivity index (χ2n) is 4.07. The van der Waals surface area contributed by atoms with Crippen molar-refractivity contribution in [2.24, 2.45) is 5.73 Å². The lowest BCUT2D eigenvalue weighted by molar-refractivity contribution is -0.0578. The Morgan fingerprint density at radius 2 is 2.00 bits per heavy atom. The molecule has 0 radical (unpaired) electrons. The molecule has 14 heavy (non-hydrogen) atoms. The van der Waals surface area contributed by atoms with E-state index in [0.29, 0.717) is 12.6 Å². The molecule has 2 saturated heterocycles. The Hall–Kier alpha value is -0.160. The minimum atomic E-state index is 0.242. The van der Waals surface area contributed by atoms with Crippen LogP contribution >= 0.6 is 0 Å². The van der Waals surface area contributed by atoms with Crippen molar-refractivity contribution in [1.29, 1.82) is 0 Å². The van der Waals surface area contributed by atoms with E-state index in [0.717, 1.165) is 45.8 Å². The highest BCUT2D eigenvalue weighted by Gasteiger charge is 2.26. The lowest BCUT2D eigenvalue weighted by Crippen LogP contribution is -2.51. The second kappa shape index (κ2) is 5.07. The van der Waals surface area contributed by atoms with Crippen molar-refractivity contribution in [3.8, 4) is 0 Å². The minimum Gasteiger partial charge on any atom is -0.381 e. The van der Waals surface area contributed by atoms with Crippen LogP contribution in [0.15, 0.2) is 0 Å². The van der Waals surface area contributed by atoms with E-state index in [2.05, 4.69) is 4.90 Å². The van der Waals surface area contributed by atoms with Crippen LogP contribution in [-0.2, 0) is 9.47 Å². The van der Waals surface area contributed by atoms with Gasteiger partial charge in [-0.15, -0.1) is 0 Å². The van der Waals surface area contributed by atoms with E-state index in [4.69, 9.17) is 15.2 Å². The van der Waals surface area contributed by atoms with E-state index in [1.54, 1.807) is 0 Å². The largest absolute Gasteiger partial charge is 0.381 e. The zero-order valence-electron chi connectivity index (χ0n) is 8.65. The predicted molar refractivity (Wildman–Crippen MR) is 54.2 cm³/mol. The molecule has 0 spiro atoms. The summed E-state index contributed by atoms with van der Waals surface area (Å²) in [7, 11) is 0. The van der Waals surface area contributed by atoms with Gasteiger partial charge in [-0.25, -0.2) is 0 Å². The Bertz CT molecular complexity index is 172. The van der Waals surface area contributed by atoms with Crippen molar-refractivity contribution in [3.63, 3.8) is 0 Å². The fourth-order valence-electron chi connectivity index (χ4n) is 2.27. The predicted octanol–water partition coefficient (Wildman–Crippen LogP) is -0.175. The van der Waals surface area contributed by atoms with E-state index in [9.17, 15) is 0 Å². The summed E-state index contributed by atoms with van der Waals surface area (Å²) >= 11 is 0. The average Bonchev–Trinajstić information content (AvgIpc) is 2.30. The van der Waals surface area contributed by atoms with Gasteiger partial charge in [0.2, 0.25) is 0 Å². The lowest BCUT2D eigenvalue weighted by atomic mass is 10.1. The van der Waals surface area contributed by atoms with Gasteiger partial charge in [0.05, 0.1) is 12.7 Å². The Balaban J connectivity index is 1.83. The first-order valence-corrected chi connectivity index (χ1v) is 5.53. The van der Waals surface area contributed by atoms with Gasteiger partial charge in [0, 0.05) is 38.9 Å². The quantitative estimate of drug-likeness (QED) is 0.672. The normalized spacial score (nSPS) is 31.9. The molecular formula is C10H20N2O2. The highest BCUT2D eigenvalue weighted by molar-refractivity contribution is 4.80. The topological polar surface area (TPSA) is 47.7 Å². The average molecular weight is 200 g/mol. The van der Waals surface area contributed by atoms with Gasteiger partial charge in [-0.1, -0.05) is 0 Å². The zero-order valence-corrected chi connectivity index (χ0v) is 8.65. The van der Waals surface area contributed by atoms with Gasteiger partial charge in [0.25, 0.3) is 0 Å². The van der Waals surface area contributed by atoms with Crippen molar-refractivity contribution in [3.05, 3.63) is 0 Å². The monoisotopic (exact) mass is 200 g/mol. The van der Waals surface area contributed by atoms with Gasteiger partial charge >= 0.3 is 0 Å². The molecule has 2 aliphatic heterocycles. The Morgan fingerprint density at radius 1 is 1.21 bits per heavy atom. The molecule has 2 rings (SSSR count). The summed E-state index contributed by atoms with van der Waals surface area (Å²) in [6, 6.07) is 0.696. The van der Waals surface area contributed by atoms with Crippen LogP contribution in [0.1, 0.15) is 12.8 Å². The maximum atomic E-state index is 5.62. The molecule has 0 aromatic carbocycles. The van der Waals surface area contributed by atoms with Crippen LogP contribution in [0.2, 0.25) is 0 Å². The highest BCUT2D eigenvalue weighted by atomic mass is 16.5. The van der Waals surface area contributed by atoms with Gasteiger partial charge in [-0.3, -0.25) is 4.90 Å². The third-order valence-electron chi connectivity index (χ3n) is 3.14. The number of rotatable bonds is 2. The van der Waals surface area contributed by atoms with Crippen LogP contribution < -0.4 is 5.73 Å². The molecule has 2 heterocycles. The number of hydrogen-bond donors (Lipinski definition) is 1. The number of nitrogens with two attached hydrogens (primary N) is 1. The first-order chi connectivity index (χ1) is 6.90. The molecule has 82 valence electrons. The van der Waals surface area contributed by atoms with Crippen LogP contribution in [0.5, 0.6) is 0 Å². The molecule has 2 fully saturated rings. The molecule has 0 aromatic heterocycles. The molecular weight excluding hydrogens is 180 g/mol. The standard InChI is InChI=1S/C10H20N2O2/c11-7-10-8-12(3-6-14-10)9-1-4-13-5-2-9/h9-10H,1-8,11H2/t10-/m1/s1. The SMILES string of the molecule is NC[C@@H]1CN(C2CCOCC2)CCO1. The van der Waals surface area contributed by atoms with Crippen molar-refractivity contribution in [1.82, 2.24) is 4.90 Å². The molecule has 0 aliphatic carbocycles. The molecule has 1 atom stereocenters. The van der Waals surface area contributed by atoms with Crippen LogP contribution in [0.3, 0.4) is 0 Å². The second-order valence-corrected chi connectivity index (χ2v) is 4.07. The molecule has 4 nitrogen and oxygen atoms in total. The third kappa shape index (κ3) is 2.45. The van der Waals surface area contributed by atoms with E-state index in [-0.39, 0.29) is 6.10 Å². The molecule has 0 unspecified atom stereocenters. The fraction of sp³-hybridized carbons (Fsp3) is 1.00. The van der Waals surface area contributed by atoms with Crippen LogP contribution in [0.25, 0.3) is 0 Å². The third-order valence-corrected chi connectivity index (χ3v) is 3.14. The Morgan fingerprint density at radius 3 is 2.71 bits per heavy atom. The van der Waals surface area contributed by atoms with Gasteiger partial charge in [0.15, 0.2) is 0 Å². The minimum absolute atomic E-state index is 0.242. The summed E-state index contributed by atoms with van der Waals surface area (Å²) in [6.45, 7) is 5.35. The summed E-state index contributed by atoms with van der Waals surface area (Å²) in [4.78, 5) is 2.52. The van der Waals surface area contributed by atoms with E-state index >= 15 is 0 Å². The number of morpholine rings is 1. The first-order valence-electron chi connectivity index (χ1n) is 5.53. The van der Waals surface area contributed by atoms with Gasteiger partial charge < -0.3 is 15.2 Å². The highest BCUT2D eigenvalue weighted by Crippen LogP contribution is 2.17. The maximum Gasteiger partial charge on any atom is 0.0824 e. The lowest BCUT2D eigenvalue weighted by Gasteiger charge is -2.39. The molecule has 0 saturated carbocycles. The molecule has 2 N–H and O–H groups in total. The fourth-order valence-corrected chi connectivity index (χ4v) is 2.27. The molecule has 0 bridgehead atoms. The van der Waals surface area contributed by atoms with Crippen molar-refractivity contribution >= 4 is 0 Å². The summed E-state index contributed by atoms with van der Waals surface area (Å²) in [6.07, 6.45) is 2.57. The molecule has 4 heteroatoms. The number of ether oxygens (including phenoxy) is 2. The summed E-state index contributed by atoms with van der Waals surface area (Å²) < 4.78 is 10.9. The number of nitrogens with zero attached hydrogens (tertiary/aromatic N) is 1. The Labute approximate surface area is 85.3 Å². The molecule has 0 amide bonds. The summed E-state index contributed by atoms with van der Waals surface area (Å²) in [5.74, 6) is 0. The zero-order chi connectivity index (χ0) is 9.80. The smallest absolute Gasteiger partial charge is 0.0824 e. The van der Waals surface area contributed by atoms with Gasteiger partial charge in [0.1, 0.15) is 0 Å². The van der Waals surface area contributed by atoms with Gasteiger partial charge in [-0.05, 0) is 12.8 Å². The van der Waals surface area contributed by atoms with Crippen LogP contribution in [0, 0.1) is 0 Å². The van der Waals surface area contributed by atoms with E-state index < -0.39 is 0 Å². The van der Waals surface area contributed by atoms with Gasteiger partial charge in [-0.2, -0.15) is 0 Å². The number of hydrogen-bond acceptors (Lipinski definition) is 4. The summed E-state index contributed by atoms with van der Waals surface area (Å²) in [5.41, 5.74) is 5.62. The van der Waals surface area contributed by atoms with E-state index in [1.807, 2.05) is 0 Å². The van der Waals surface area contributed by atoms with Crippen LogP contribution in [0.4, 0.5) is 0 Å². The van der Waals surface area contributed by atoms with Crippen molar-refractivity contribution < 1.29 is 9.47 Å². The maximum absolute atomic E-state index is 5.62.